The smallest absolute Gasteiger partial charge is 0.220 e. The highest BCUT2D eigenvalue weighted by atomic mass is 16.7. The lowest BCUT2D eigenvalue weighted by molar-refractivity contribution is -0.359. The lowest BCUT2D eigenvalue weighted by Crippen LogP contribution is -2.65. The normalized spacial score (nSPS) is 22.8. The summed E-state index contributed by atoms with van der Waals surface area (Å²) >= 11 is 0. The highest BCUT2D eigenvalue weighted by Gasteiger charge is 2.51. The summed E-state index contributed by atoms with van der Waals surface area (Å²) in [5, 5.41) is 87.5. The first-order chi connectivity index (χ1) is 45.6. The second-order valence-electron chi connectivity index (χ2n) is 27.8. The fourth-order valence-corrected chi connectivity index (χ4v) is 13.0. The van der Waals surface area contributed by atoms with Gasteiger partial charge in [0.05, 0.1) is 32.0 Å². The van der Waals surface area contributed by atoms with Gasteiger partial charge in [-0.05, 0) is 57.8 Å². The number of carbonyl (C=O) groups is 1. The molecule has 546 valence electrons. The van der Waals surface area contributed by atoms with Gasteiger partial charge in [0, 0.05) is 6.42 Å². The number of nitrogens with one attached hydrogen (secondary N) is 1. The molecule has 2 aliphatic rings. The number of rotatable bonds is 66. The Kier molecular flexibility index (Phi) is 59.3. The number of allylic oxidation sites excluding steroid dienone is 7. The minimum atomic E-state index is -1.79. The molecule has 2 heterocycles. The summed E-state index contributed by atoms with van der Waals surface area (Å²) in [6.07, 6.45) is 67.7. The van der Waals surface area contributed by atoms with Crippen molar-refractivity contribution in [3.63, 3.8) is 0 Å². The molecule has 9 N–H and O–H groups in total. The van der Waals surface area contributed by atoms with Crippen LogP contribution in [0.15, 0.2) is 48.6 Å². The molecule has 2 aliphatic heterocycles. The van der Waals surface area contributed by atoms with Crippen molar-refractivity contribution in [3.8, 4) is 0 Å². The van der Waals surface area contributed by atoms with Crippen LogP contribution in [0.2, 0.25) is 0 Å². The Morgan fingerprint density at radius 1 is 0.387 bits per heavy atom. The van der Waals surface area contributed by atoms with Crippen molar-refractivity contribution in [1.82, 2.24) is 5.32 Å². The summed E-state index contributed by atoms with van der Waals surface area (Å²) in [5.74, 6) is -0.232. The maximum Gasteiger partial charge on any atom is 0.220 e. The van der Waals surface area contributed by atoms with Crippen LogP contribution in [0.25, 0.3) is 0 Å². The van der Waals surface area contributed by atoms with Gasteiger partial charge in [0.1, 0.15) is 48.8 Å². The van der Waals surface area contributed by atoms with E-state index in [0.29, 0.717) is 6.42 Å². The fourth-order valence-electron chi connectivity index (χ4n) is 13.0. The number of aliphatic hydroxyl groups is 8. The van der Waals surface area contributed by atoms with Crippen LogP contribution < -0.4 is 5.32 Å². The first-order valence-electron chi connectivity index (χ1n) is 39.4. The average molecular weight is 1320 g/mol. The van der Waals surface area contributed by atoms with Crippen LogP contribution in [0.4, 0.5) is 0 Å². The Morgan fingerprint density at radius 3 is 1.09 bits per heavy atom. The van der Waals surface area contributed by atoms with Gasteiger partial charge in [0.25, 0.3) is 0 Å². The topological polar surface area (TPSA) is 228 Å². The molecule has 0 aliphatic carbocycles. The summed E-state index contributed by atoms with van der Waals surface area (Å²) in [4.78, 5) is 13.4. The maximum atomic E-state index is 13.4. The number of ether oxygens (including phenoxy) is 4. The number of carbonyl (C=O) groups excluding carboxylic acids is 1. The van der Waals surface area contributed by atoms with Gasteiger partial charge in [-0.15, -0.1) is 0 Å². The third-order valence-corrected chi connectivity index (χ3v) is 19.3. The van der Waals surface area contributed by atoms with Crippen LogP contribution in [0.3, 0.4) is 0 Å². The van der Waals surface area contributed by atoms with Crippen LogP contribution >= 0.6 is 0 Å². The Hall–Kier alpha value is -2.05. The van der Waals surface area contributed by atoms with Gasteiger partial charge in [-0.25, -0.2) is 0 Å². The second kappa shape index (κ2) is 63.4. The Bertz CT molecular complexity index is 1750. The number of aliphatic hydroxyl groups excluding tert-OH is 8. The second-order valence-corrected chi connectivity index (χ2v) is 27.8. The van der Waals surface area contributed by atoms with E-state index in [1.54, 1.807) is 6.08 Å². The Morgan fingerprint density at radius 2 is 0.710 bits per heavy atom. The fraction of sp³-hybridized carbons (Fsp3) is 0.886. The molecule has 2 rings (SSSR count). The molecule has 12 atom stereocenters. The van der Waals surface area contributed by atoms with Crippen molar-refractivity contribution < 1.29 is 64.6 Å². The number of hydrogen-bond acceptors (Lipinski definition) is 13. The first kappa shape index (κ1) is 87.0. The minimum absolute atomic E-state index is 0.232. The molecule has 2 saturated heterocycles. The van der Waals surface area contributed by atoms with Crippen LogP contribution in [-0.4, -0.2) is 140 Å². The molecule has 12 unspecified atom stereocenters. The van der Waals surface area contributed by atoms with Crippen molar-refractivity contribution in [2.24, 2.45) is 0 Å². The van der Waals surface area contributed by atoms with Crippen molar-refractivity contribution in [2.45, 2.75) is 428 Å². The molecule has 0 saturated carbocycles. The van der Waals surface area contributed by atoms with E-state index in [9.17, 15) is 45.6 Å². The van der Waals surface area contributed by atoms with Crippen molar-refractivity contribution >= 4 is 5.91 Å². The lowest BCUT2D eigenvalue weighted by Gasteiger charge is -2.46. The average Bonchev–Trinajstić information content (AvgIpc) is 0.958. The third kappa shape index (κ3) is 46.8. The van der Waals surface area contributed by atoms with Crippen LogP contribution in [0.1, 0.15) is 354 Å². The molecule has 0 aromatic carbocycles. The van der Waals surface area contributed by atoms with Gasteiger partial charge in [0.15, 0.2) is 12.6 Å². The zero-order valence-electron chi connectivity index (χ0n) is 59.8. The van der Waals surface area contributed by atoms with Crippen molar-refractivity contribution in [2.75, 3.05) is 19.8 Å². The summed E-state index contributed by atoms with van der Waals surface area (Å²) in [6, 6.07) is -0.914. The third-order valence-electron chi connectivity index (χ3n) is 19.3. The van der Waals surface area contributed by atoms with E-state index in [4.69, 9.17) is 18.9 Å². The molecule has 0 aromatic rings. The Labute approximate surface area is 569 Å². The highest BCUT2D eigenvalue weighted by molar-refractivity contribution is 5.76. The zero-order chi connectivity index (χ0) is 67.3. The van der Waals surface area contributed by atoms with Crippen LogP contribution in [0.5, 0.6) is 0 Å². The molecule has 14 nitrogen and oxygen atoms in total. The summed E-state index contributed by atoms with van der Waals surface area (Å²) in [7, 11) is 0. The monoisotopic (exact) mass is 1320 g/mol. The molecule has 0 aromatic heterocycles. The van der Waals surface area contributed by atoms with E-state index < -0.39 is 86.8 Å². The quantitative estimate of drug-likeness (QED) is 0.0204. The molecule has 2 fully saturated rings. The number of unbranched alkanes of at least 4 members (excludes halogenated alkanes) is 47. The molecule has 93 heavy (non-hydrogen) atoms. The largest absolute Gasteiger partial charge is 0.394 e. The summed E-state index contributed by atoms with van der Waals surface area (Å²) in [6.45, 7) is 2.83. The van der Waals surface area contributed by atoms with Gasteiger partial charge in [0.2, 0.25) is 5.91 Å². The maximum absolute atomic E-state index is 13.4. The van der Waals surface area contributed by atoms with Gasteiger partial charge < -0.3 is 65.1 Å². The van der Waals surface area contributed by atoms with E-state index in [-0.39, 0.29) is 18.9 Å². The zero-order valence-corrected chi connectivity index (χ0v) is 59.8. The molecule has 0 spiro atoms. The number of hydrogen-bond donors (Lipinski definition) is 9. The highest BCUT2D eigenvalue weighted by Crippen LogP contribution is 2.30. The predicted octanol–water partition coefficient (Wildman–Crippen LogP) is 17.4. The van der Waals surface area contributed by atoms with Gasteiger partial charge in [-0.2, -0.15) is 0 Å². The summed E-state index contributed by atoms with van der Waals surface area (Å²) in [5.41, 5.74) is 0. The molecule has 14 heteroatoms. The van der Waals surface area contributed by atoms with Crippen molar-refractivity contribution in [3.05, 3.63) is 48.6 Å². The van der Waals surface area contributed by atoms with Gasteiger partial charge in [-0.1, -0.05) is 339 Å². The molecular weight excluding hydrogens is 1170 g/mol. The van der Waals surface area contributed by atoms with E-state index in [1.807, 2.05) is 6.08 Å². The Balaban J connectivity index is 1.55. The standard InChI is InChI=1S/C79H147NO13/c1-3-5-7-9-11-13-15-17-19-21-23-24-25-26-27-28-29-30-31-32-33-34-35-36-37-38-39-40-41-42-43-44-45-47-49-51-53-55-57-59-61-63-71(84)80-67(68(83)62-60-58-56-54-52-50-48-46-22-20-18-16-14-12-10-8-6-4-2)66-90-78-76(89)74(87)77(70(65-82)92-78)93-79-75(88)73(86)72(85)69(64-81)91-79/h15,17,21,23,25-26,60,62,67-70,72-79,81-83,85-89H,3-14,16,18-20,22,24,27-59,61,63-66H2,1-2H3,(H,80,84)/b17-15-,23-21-,26-25-,62-60+. The van der Waals surface area contributed by atoms with Gasteiger partial charge >= 0.3 is 0 Å². The van der Waals surface area contributed by atoms with E-state index in [0.717, 1.165) is 51.4 Å². The SMILES string of the molecule is CCCCCCC/C=C\C/C=C\C/C=C\CCCCCCCCCCCCCCCCCCCCCCCCCCCCC(=O)NC(COC1OC(CO)C(OC2OC(CO)C(O)C(O)C2O)C(O)C1O)C(O)/C=C/CCCCCCCCCCCCCCCCCC. The molecule has 0 bridgehead atoms. The molecule has 1 amide bonds. The van der Waals surface area contributed by atoms with E-state index in [1.165, 1.54) is 276 Å². The lowest BCUT2D eigenvalue weighted by atomic mass is 9.97. The number of amides is 1. The summed E-state index contributed by atoms with van der Waals surface area (Å²) < 4.78 is 22.9. The molecular formula is C79H147NO13. The van der Waals surface area contributed by atoms with Crippen molar-refractivity contribution in [1.29, 1.82) is 0 Å². The first-order valence-corrected chi connectivity index (χ1v) is 39.4. The van der Waals surface area contributed by atoms with E-state index in [2.05, 4.69) is 55.6 Å². The van der Waals surface area contributed by atoms with Crippen LogP contribution in [0, 0.1) is 0 Å². The van der Waals surface area contributed by atoms with E-state index >= 15 is 0 Å². The van der Waals surface area contributed by atoms with Crippen LogP contribution in [-0.2, 0) is 23.7 Å². The minimum Gasteiger partial charge on any atom is -0.394 e. The molecule has 0 radical (unpaired) electrons. The predicted molar refractivity (Wildman–Crippen MR) is 383 cm³/mol. The van der Waals surface area contributed by atoms with Gasteiger partial charge in [-0.3, -0.25) is 4.79 Å².